The lowest BCUT2D eigenvalue weighted by Gasteiger charge is -2.24. The first-order valence-electron chi connectivity index (χ1n) is 9.29. The van der Waals surface area contributed by atoms with Crippen LogP contribution in [-0.2, 0) is 4.74 Å². The summed E-state index contributed by atoms with van der Waals surface area (Å²) in [5.74, 6) is 0.469. The number of benzene rings is 2. The fourth-order valence-electron chi connectivity index (χ4n) is 2.87. The normalized spacial score (nSPS) is 11.7. The number of hydrogen-bond acceptors (Lipinski definition) is 5. The molecular weight excluding hydrogens is 438 g/mol. The first-order chi connectivity index (χ1) is 13.5. The van der Waals surface area contributed by atoms with Crippen molar-refractivity contribution < 1.29 is 18.7 Å². The standard InChI is InChI=1S/C22H24BrNO5/c1-13-10-16-19(25)15-7-6-14(23)12-17(15)28-20(16)18(11-13)27-9-8-24(5)21(26)29-22(2,3)4/h6-7,10-12H,8-9H2,1-5H3. The van der Waals surface area contributed by atoms with Crippen molar-refractivity contribution in [2.75, 3.05) is 20.2 Å². The summed E-state index contributed by atoms with van der Waals surface area (Å²) in [6.45, 7) is 7.91. The Balaban J connectivity index is 1.87. The van der Waals surface area contributed by atoms with Gasteiger partial charge in [-0.25, -0.2) is 4.79 Å². The van der Waals surface area contributed by atoms with Crippen molar-refractivity contribution in [2.45, 2.75) is 33.3 Å². The molecule has 1 heterocycles. The molecule has 0 radical (unpaired) electrons. The van der Waals surface area contributed by atoms with E-state index >= 15 is 0 Å². The van der Waals surface area contributed by atoms with Crippen LogP contribution in [0.25, 0.3) is 21.9 Å². The summed E-state index contributed by atoms with van der Waals surface area (Å²) in [6.07, 6.45) is -0.419. The fraction of sp³-hybridized carbons (Fsp3) is 0.364. The second kappa shape index (κ2) is 8.06. The molecule has 0 saturated heterocycles. The first kappa shape index (κ1) is 21.2. The topological polar surface area (TPSA) is 69.0 Å². The smallest absolute Gasteiger partial charge is 0.410 e. The molecule has 0 atom stereocenters. The van der Waals surface area contributed by atoms with E-state index in [4.69, 9.17) is 13.9 Å². The van der Waals surface area contributed by atoms with Crippen LogP contribution in [0, 0.1) is 6.92 Å². The fourth-order valence-corrected chi connectivity index (χ4v) is 3.21. The van der Waals surface area contributed by atoms with Crippen molar-refractivity contribution in [3.8, 4) is 5.75 Å². The highest BCUT2D eigenvalue weighted by molar-refractivity contribution is 9.10. The number of carbonyl (C=O) groups excluding carboxylic acids is 1. The summed E-state index contributed by atoms with van der Waals surface area (Å²) in [7, 11) is 1.65. The third-order valence-electron chi connectivity index (χ3n) is 4.23. The van der Waals surface area contributed by atoms with Crippen molar-refractivity contribution in [1.82, 2.24) is 4.90 Å². The minimum Gasteiger partial charge on any atom is -0.488 e. The number of fused-ring (bicyclic) bond motifs is 2. The lowest BCUT2D eigenvalue weighted by molar-refractivity contribution is 0.0278. The van der Waals surface area contributed by atoms with E-state index in [2.05, 4.69) is 15.9 Å². The Morgan fingerprint density at radius 2 is 1.90 bits per heavy atom. The SMILES string of the molecule is Cc1cc(OCCN(C)C(=O)OC(C)(C)C)c2oc3cc(Br)ccc3c(=O)c2c1. The van der Waals surface area contributed by atoms with Gasteiger partial charge in [-0.2, -0.15) is 0 Å². The average Bonchev–Trinajstić information content (AvgIpc) is 2.61. The molecule has 0 bridgehead atoms. The third-order valence-corrected chi connectivity index (χ3v) is 4.73. The monoisotopic (exact) mass is 461 g/mol. The molecule has 154 valence electrons. The molecule has 1 amide bonds. The number of carbonyl (C=O) groups is 1. The van der Waals surface area contributed by atoms with Crippen LogP contribution in [0.15, 0.2) is 44.0 Å². The molecule has 0 aliphatic carbocycles. The van der Waals surface area contributed by atoms with Crippen LogP contribution in [-0.4, -0.2) is 36.8 Å². The molecule has 6 nitrogen and oxygen atoms in total. The number of halogens is 1. The zero-order chi connectivity index (χ0) is 21.3. The Morgan fingerprint density at radius 3 is 2.59 bits per heavy atom. The molecule has 29 heavy (non-hydrogen) atoms. The lowest BCUT2D eigenvalue weighted by Crippen LogP contribution is -2.36. The van der Waals surface area contributed by atoms with E-state index in [9.17, 15) is 9.59 Å². The van der Waals surface area contributed by atoms with Gasteiger partial charge in [0.2, 0.25) is 5.43 Å². The summed E-state index contributed by atoms with van der Waals surface area (Å²) in [6, 6.07) is 8.93. The molecule has 3 rings (SSSR count). The van der Waals surface area contributed by atoms with Crippen LogP contribution in [0.4, 0.5) is 4.79 Å². The van der Waals surface area contributed by atoms with E-state index < -0.39 is 11.7 Å². The third kappa shape index (κ3) is 4.90. The Bertz CT molecular complexity index is 1130. The van der Waals surface area contributed by atoms with Gasteiger partial charge in [-0.3, -0.25) is 4.79 Å². The van der Waals surface area contributed by atoms with E-state index in [1.807, 2.05) is 39.8 Å². The number of amides is 1. The van der Waals surface area contributed by atoms with E-state index in [1.165, 1.54) is 4.90 Å². The van der Waals surface area contributed by atoms with Gasteiger partial charge >= 0.3 is 6.09 Å². The van der Waals surface area contributed by atoms with E-state index in [1.54, 1.807) is 25.2 Å². The Kier molecular flexibility index (Phi) is 5.89. The van der Waals surface area contributed by atoms with Gasteiger partial charge in [0.05, 0.1) is 17.3 Å². The predicted molar refractivity (Wildman–Crippen MR) is 117 cm³/mol. The molecule has 0 aliphatic heterocycles. The minimum absolute atomic E-state index is 0.104. The highest BCUT2D eigenvalue weighted by Crippen LogP contribution is 2.30. The lowest BCUT2D eigenvalue weighted by atomic mass is 10.1. The maximum absolute atomic E-state index is 12.9. The van der Waals surface area contributed by atoms with Crippen LogP contribution in [0.5, 0.6) is 5.75 Å². The van der Waals surface area contributed by atoms with Crippen LogP contribution in [0.2, 0.25) is 0 Å². The molecule has 2 aromatic carbocycles. The van der Waals surface area contributed by atoms with Crippen LogP contribution >= 0.6 is 15.9 Å². The van der Waals surface area contributed by atoms with Gasteiger partial charge in [-0.15, -0.1) is 0 Å². The number of likely N-dealkylation sites (N-methyl/N-ethyl adjacent to an activating group) is 1. The number of hydrogen-bond donors (Lipinski definition) is 0. The molecule has 3 aromatic rings. The van der Waals surface area contributed by atoms with Gasteiger partial charge < -0.3 is 18.8 Å². The number of ether oxygens (including phenoxy) is 2. The van der Waals surface area contributed by atoms with Crippen molar-refractivity contribution in [2.24, 2.45) is 0 Å². The largest absolute Gasteiger partial charge is 0.488 e. The van der Waals surface area contributed by atoms with E-state index in [0.717, 1.165) is 10.0 Å². The molecule has 7 heteroatoms. The predicted octanol–water partition coefficient (Wildman–Crippen LogP) is 5.26. The molecule has 0 N–H and O–H groups in total. The average molecular weight is 462 g/mol. The van der Waals surface area contributed by atoms with Gasteiger partial charge in [0.15, 0.2) is 11.3 Å². The van der Waals surface area contributed by atoms with E-state index in [-0.39, 0.29) is 12.0 Å². The van der Waals surface area contributed by atoms with Crippen molar-refractivity contribution in [3.05, 3.63) is 50.6 Å². The Hall–Kier alpha value is -2.54. The van der Waals surface area contributed by atoms with Gasteiger partial charge in [0, 0.05) is 11.5 Å². The van der Waals surface area contributed by atoms with Crippen molar-refractivity contribution in [3.63, 3.8) is 0 Å². The van der Waals surface area contributed by atoms with Gasteiger partial charge in [-0.1, -0.05) is 15.9 Å². The molecule has 0 unspecified atom stereocenters. The number of aryl methyl sites for hydroxylation is 1. The zero-order valence-corrected chi connectivity index (χ0v) is 18.8. The highest BCUT2D eigenvalue weighted by atomic mass is 79.9. The molecule has 0 saturated carbocycles. The van der Waals surface area contributed by atoms with Gasteiger partial charge in [0.1, 0.15) is 17.8 Å². The van der Waals surface area contributed by atoms with Gasteiger partial charge in [0.25, 0.3) is 0 Å². The van der Waals surface area contributed by atoms with Gasteiger partial charge in [-0.05, 0) is 63.6 Å². The summed E-state index contributed by atoms with van der Waals surface area (Å²) in [5.41, 5.74) is 1.10. The van der Waals surface area contributed by atoms with E-state index in [0.29, 0.717) is 34.2 Å². The summed E-state index contributed by atoms with van der Waals surface area (Å²) < 4.78 is 18.1. The molecule has 0 aliphatic rings. The molecule has 0 spiro atoms. The molecular formula is C22H24BrNO5. The quantitative estimate of drug-likeness (QED) is 0.495. The first-order valence-corrected chi connectivity index (χ1v) is 10.1. The summed E-state index contributed by atoms with van der Waals surface area (Å²) in [4.78, 5) is 26.4. The highest BCUT2D eigenvalue weighted by Gasteiger charge is 2.20. The Labute approximate surface area is 177 Å². The zero-order valence-electron chi connectivity index (χ0n) is 17.2. The second-order valence-corrected chi connectivity index (χ2v) is 8.88. The minimum atomic E-state index is -0.558. The Morgan fingerprint density at radius 1 is 1.17 bits per heavy atom. The van der Waals surface area contributed by atoms with Crippen molar-refractivity contribution in [1.29, 1.82) is 0 Å². The maximum atomic E-state index is 12.9. The van der Waals surface area contributed by atoms with Crippen LogP contribution in [0.3, 0.4) is 0 Å². The summed E-state index contributed by atoms with van der Waals surface area (Å²) >= 11 is 3.40. The van der Waals surface area contributed by atoms with Crippen LogP contribution < -0.4 is 10.2 Å². The maximum Gasteiger partial charge on any atom is 0.410 e. The molecule has 0 fully saturated rings. The van der Waals surface area contributed by atoms with Crippen molar-refractivity contribution >= 4 is 44.0 Å². The summed E-state index contributed by atoms with van der Waals surface area (Å²) in [5, 5.41) is 0.984. The number of nitrogens with zero attached hydrogens (tertiary/aromatic N) is 1. The van der Waals surface area contributed by atoms with Crippen LogP contribution in [0.1, 0.15) is 26.3 Å². The second-order valence-electron chi connectivity index (χ2n) is 7.96. The molecule has 1 aromatic heterocycles. The number of rotatable bonds is 4.